The van der Waals surface area contributed by atoms with Crippen LogP contribution in [0.2, 0.25) is 0 Å². The van der Waals surface area contributed by atoms with Crippen molar-refractivity contribution in [3.63, 3.8) is 0 Å². The Labute approximate surface area is 268 Å². The normalized spacial score (nSPS) is 15.5. The van der Waals surface area contributed by atoms with Crippen molar-refractivity contribution in [3.8, 4) is 0 Å². The maximum atomic E-state index is 12.5. The second-order valence-electron chi connectivity index (χ2n) is 12.7. The highest BCUT2D eigenvalue weighted by molar-refractivity contribution is 5.85. The maximum absolute atomic E-state index is 12.5. The molecule has 1 saturated heterocycles. The largest absolute Gasteiger partial charge is 0.379 e. The van der Waals surface area contributed by atoms with Crippen LogP contribution in [0, 0.1) is 0 Å². The molecule has 1 unspecified atom stereocenters. The van der Waals surface area contributed by atoms with Gasteiger partial charge in [-0.1, -0.05) is 155 Å². The van der Waals surface area contributed by atoms with Crippen molar-refractivity contribution in [2.24, 2.45) is 0 Å². The number of nitrogens with one attached hydrogen (secondary N) is 2. The lowest BCUT2D eigenvalue weighted by Gasteiger charge is -2.20. The molecule has 0 aromatic carbocycles. The van der Waals surface area contributed by atoms with Gasteiger partial charge in [0.1, 0.15) is 0 Å². The van der Waals surface area contributed by atoms with Crippen LogP contribution in [-0.2, 0) is 14.3 Å². The molecule has 5 nitrogen and oxygen atoms in total. The molecule has 2 atom stereocenters. The SMILES string of the molecule is CCCCCCCCCCCCCCOCC(CNC(=O)[C@@H]1CCCN1)OCCCCCCCCCCCCCC.Cl. The van der Waals surface area contributed by atoms with E-state index in [1.807, 2.05) is 0 Å². The fourth-order valence-electron chi connectivity index (χ4n) is 5.86. The van der Waals surface area contributed by atoms with E-state index in [0.717, 1.165) is 45.4 Å². The number of carbonyl (C=O) groups excluding carboxylic acids is 1. The summed E-state index contributed by atoms with van der Waals surface area (Å²) in [6.45, 7) is 8.21. The van der Waals surface area contributed by atoms with E-state index >= 15 is 0 Å². The molecule has 0 aromatic heterocycles. The van der Waals surface area contributed by atoms with E-state index in [2.05, 4.69) is 24.5 Å². The first-order chi connectivity index (χ1) is 20.3. The van der Waals surface area contributed by atoms with E-state index in [1.54, 1.807) is 0 Å². The van der Waals surface area contributed by atoms with Crippen molar-refractivity contribution < 1.29 is 14.3 Å². The Kier molecular flexibility index (Phi) is 33.2. The summed E-state index contributed by atoms with van der Waals surface area (Å²) in [4.78, 5) is 12.5. The molecule has 2 N–H and O–H groups in total. The summed E-state index contributed by atoms with van der Waals surface area (Å²) in [6, 6.07) is -0.0334. The van der Waals surface area contributed by atoms with Gasteiger partial charge in [-0.2, -0.15) is 0 Å². The second-order valence-corrected chi connectivity index (χ2v) is 12.7. The Balaban J connectivity index is 0.0000168. The van der Waals surface area contributed by atoms with Gasteiger partial charge in [-0.25, -0.2) is 0 Å². The number of amides is 1. The monoisotopic (exact) mass is 617 g/mol. The zero-order valence-electron chi connectivity index (χ0n) is 28.2. The van der Waals surface area contributed by atoms with Crippen molar-refractivity contribution in [2.75, 3.05) is 32.9 Å². The van der Waals surface area contributed by atoms with Crippen molar-refractivity contribution in [1.82, 2.24) is 10.6 Å². The van der Waals surface area contributed by atoms with Crippen molar-refractivity contribution in [3.05, 3.63) is 0 Å². The van der Waals surface area contributed by atoms with Crippen LogP contribution in [0.15, 0.2) is 0 Å². The molecule has 252 valence electrons. The zero-order valence-corrected chi connectivity index (χ0v) is 29.0. The molecule has 6 heteroatoms. The number of hydrogen-bond donors (Lipinski definition) is 2. The summed E-state index contributed by atoms with van der Waals surface area (Å²) < 4.78 is 12.2. The number of rotatable bonds is 32. The lowest BCUT2D eigenvalue weighted by molar-refractivity contribution is -0.123. The van der Waals surface area contributed by atoms with Crippen LogP contribution in [-0.4, -0.2) is 51.0 Å². The Hall–Kier alpha value is -0.360. The average Bonchev–Trinajstić information content (AvgIpc) is 3.53. The molecule has 0 saturated carbocycles. The fourth-order valence-corrected chi connectivity index (χ4v) is 5.86. The Bertz CT molecular complexity index is 546. The number of hydrogen-bond acceptors (Lipinski definition) is 4. The van der Waals surface area contributed by atoms with Crippen molar-refractivity contribution >= 4 is 18.3 Å². The minimum absolute atomic E-state index is 0. The molecule has 1 amide bonds. The smallest absolute Gasteiger partial charge is 0.237 e. The number of carbonyl (C=O) groups is 1. The zero-order chi connectivity index (χ0) is 29.5. The first-order valence-electron chi connectivity index (χ1n) is 18.5. The Morgan fingerprint density at radius 3 is 1.52 bits per heavy atom. The molecule has 0 aromatic rings. The summed E-state index contributed by atoms with van der Waals surface area (Å²) in [5, 5.41) is 6.40. The highest BCUT2D eigenvalue weighted by Crippen LogP contribution is 2.14. The van der Waals surface area contributed by atoms with E-state index in [9.17, 15) is 4.79 Å². The molecule has 1 fully saturated rings. The molecule has 0 aliphatic carbocycles. The van der Waals surface area contributed by atoms with Crippen LogP contribution >= 0.6 is 12.4 Å². The first-order valence-corrected chi connectivity index (χ1v) is 18.5. The molecule has 0 spiro atoms. The third kappa shape index (κ3) is 27.2. The topological polar surface area (TPSA) is 59.6 Å². The molecule has 1 aliphatic heterocycles. The van der Waals surface area contributed by atoms with Crippen LogP contribution in [0.1, 0.15) is 181 Å². The number of unbranched alkanes of at least 4 members (excludes halogenated alkanes) is 22. The predicted molar refractivity (Wildman–Crippen MR) is 184 cm³/mol. The van der Waals surface area contributed by atoms with Crippen molar-refractivity contribution in [1.29, 1.82) is 0 Å². The predicted octanol–water partition coefficient (Wildman–Crippen LogP) is 10.1. The van der Waals surface area contributed by atoms with Gasteiger partial charge in [-0.3, -0.25) is 4.79 Å². The minimum atomic E-state index is -0.0506. The van der Waals surface area contributed by atoms with Gasteiger partial charge in [0.15, 0.2) is 0 Å². The number of ether oxygens (including phenoxy) is 2. The number of halogens is 1. The van der Waals surface area contributed by atoms with E-state index in [-0.39, 0.29) is 30.5 Å². The summed E-state index contributed by atoms with van der Waals surface area (Å²) in [6.07, 6.45) is 34.5. The summed E-state index contributed by atoms with van der Waals surface area (Å²) in [5.41, 5.74) is 0. The maximum Gasteiger partial charge on any atom is 0.237 e. The first kappa shape index (κ1) is 41.6. The van der Waals surface area contributed by atoms with Gasteiger partial charge < -0.3 is 20.1 Å². The van der Waals surface area contributed by atoms with Crippen LogP contribution in [0.3, 0.4) is 0 Å². The fraction of sp³-hybridized carbons (Fsp3) is 0.972. The molecular formula is C36H73ClN2O3. The van der Waals surface area contributed by atoms with Gasteiger partial charge in [-0.15, -0.1) is 12.4 Å². The van der Waals surface area contributed by atoms with E-state index in [1.165, 1.54) is 141 Å². The highest BCUT2D eigenvalue weighted by atomic mass is 35.5. The third-order valence-electron chi connectivity index (χ3n) is 8.68. The standard InChI is InChI=1S/C36H72N2O3.ClH/c1-3-5-7-9-11-13-15-17-19-21-23-25-30-40-33-34(32-38-36(39)35-28-27-29-37-35)41-31-26-24-22-20-18-16-14-12-10-8-6-4-2;/h34-35,37H,3-33H2,1-2H3,(H,38,39);1H/t34?,35-;/m0./s1. The van der Waals surface area contributed by atoms with E-state index in [4.69, 9.17) is 9.47 Å². The summed E-state index contributed by atoms with van der Waals surface area (Å²) in [5.74, 6) is 0.113. The molecule has 1 rings (SSSR count). The quantitative estimate of drug-likeness (QED) is 0.0738. The lowest BCUT2D eigenvalue weighted by Crippen LogP contribution is -2.44. The minimum Gasteiger partial charge on any atom is -0.379 e. The van der Waals surface area contributed by atoms with Crippen LogP contribution in [0.5, 0.6) is 0 Å². The van der Waals surface area contributed by atoms with E-state index in [0.29, 0.717) is 13.2 Å². The summed E-state index contributed by atoms with van der Waals surface area (Å²) in [7, 11) is 0. The lowest BCUT2D eigenvalue weighted by atomic mass is 10.1. The second kappa shape index (κ2) is 33.5. The van der Waals surface area contributed by atoms with Gasteiger partial charge in [0.2, 0.25) is 5.91 Å². The molecule has 0 bridgehead atoms. The van der Waals surface area contributed by atoms with Crippen LogP contribution in [0.25, 0.3) is 0 Å². The third-order valence-corrected chi connectivity index (χ3v) is 8.68. The molecular weight excluding hydrogens is 544 g/mol. The highest BCUT2D eigenvalue weighted by Gasteiger charge is 2.22. The van der Waals surface area contributed by atoms with Gasteiger partial charge >= 0.3 is 0 Å². The van der Waals surface area contributed by atoms with Gasteiger partial charge in [0.25, 0.3) is 0 Å². The van der Waals surface area contributed by atoms with Crippen molar-refractivity contribution in [2.45, 2.75) is 193 Å². The van der Waals surface area contributed by atoms with E-state index < -0.39 is 0 Å². The molecule has 0 radical (unpaired) electrons. The molecule has 1 heterocycles. The van der Waals surface area contributed by atoms with Crippen LogP contribution < -0.4 is 10.6 Å². The Morgan fingerprint density at radius 1 is 0.667 bits per heavy atom. The average molecular weight is 617 g/mol. The van der Waals surface area contributed by atoms with Gasteiger partial charge in [0.05, 0.1) is 18.8 Å². The molecule has 1 aliphatic rings. The Morgan fingerprint density at radius 2 is 1.10 bits per heavy atom. The van der Waals surface area contributed by atoms with Crippen LogP contribution in [0.4, 0.5) is 0 Å². The molecule has 42 heavy (non-hydrogen) atoms. The summed E-state index contributed by atoms with van der Waals surface area (Å²) >= 11 is 0. The van der Waals surface area contributed by atoms with Gasteiger partial charge in [-0.05, 0) is 32.2 Å². The van der Waals surface area contributed by atoms with Gasteiger partial charge in [0, 0.05) is 19.8 Å².